The zero-order chi connectivity index (χ0) is 17.6. The van der Waals surface area contributed by atoms with Gasteiger partial charge in [0.25, 0.3) is 0 Å². The Morgan fingerprint density at radius 1 is 1.08 bits per heavy atom. The lowest BCUT2D eigenvalue weighted by atomic mass is 10.1. The molecule has 7 heteroatoms. The Morgan fingerprint density at radius 3 is 2.44 bits per heavy atom. The predicted molar refractivity (Wildman–Crippen MR) is 100 cm³/mol. The molecule has 25 heavy (non-hydrogen) atoms. The first-order chi connectivity index (χ1) is 12.3. The number of aromatic nitrogens is 2. The van der Waals surface area contributed by atoms with Gasteiger partial charge >= 0.3 is 0 Å². The van der Waals surface area contributed by atoms with Crippen LogP contribution in [0.5, 0.6) is 5.75 Å². The second kappa shape index (κ2) is 8.24. The van der Waals surface area contributed by atoms with Crippen molar-refractivity contribution in [2.75, 3.05) is 37.8 Å². The third kappa shape index (κ3) is 3.73. The molecule has 0 saturated carbocycles. The molecule has 0 spiro atoms. The second-order valence-electron chi connectivity index (χ2n) is 5.42. The van der Waals surface area contributed by atoms with Gasteiger partial charge in [-0.2, -0.15) is 0 Å². The maximum absolute atomic E-state index is 9.34. The van der Waals surface area contributed by atoms with Gasteiger partial charge in [0, 0.05) is 24.0 Å². The van der Waals surface area contributed by atoms with Gasteiger partial charge in [-0.1, -0.05) is 12.1 Å². The number of aliphatic hydroxyl groups excluding tert-OH is 2. The molecule has 0 saturated heterocycles. The molecule has 2 aromatic heterocycles. The van der Waals surface area contributed by atoms with E-state index in [4.69, 9.17) is 4.74 Å². The molecular formula is C18H21N3O3S. The fourth-order valence-electron chi connectivity index (χ4n) is 2.77. The van der Waals surface area contributed by atoms with E-state index in [-0.39, 0.29) is 13.2 Å². The Kier molecular flexibility index (Phi) is 5.80. The molecule has 2 heterocycles. The number of benzene rings is 1. The average Bonchev–Trinajstić information content (AvgIpc) is 3.07. The van der Waals surface area contributed by atoms with Crippen LogP contribution in [0, 0.1) is 0 Å². The zero-order valence-electron chi connectivity index (χ0n) is 14.1. The van der Waals surface area contributed by atoms with Gasteiger partial charge in [0.1, 0.15) is 22.7 Å². The topological polar surface area (TPSA) is 78.7 Å². The zero-order valence-corrected chi connectivity index (χ0v) is 14.9. The van der Waals surface area contributed by atoms with Crippen molar-refractivity contribution in [1.29, 1.82) is 0 Å². The van der Waals surface area contributed by atoms with Crippen molar-refractivity contribution >= 4 is 27.4 Å². The van der Waals surface area contributed by atoms with Crippen LogP contribution >= 0.6 is 11.3 Å². The number of rotatable bonds is 8. The van der Waals surface area contributed by atoms with Gasteiger partial charge < -0.3 is 19.8 Å². The first kappa shape index (κ1) is 17.6. The van der Waals surface area contributed by atoms with Crippen LogP contribution in [0.15, 0.2) is 36.0 Å². The Balaban J connectivity index is 2.07. The van der Waals surface area contributed by atoms with Gasteiger partial charge in [-0.15, -0.1) is 11.3 Å². The van der Waals surface area contributed by atoms with Crippen LogP contribution in [0.4, 0.5) is 5.82 Å². The lowest BCUT2D eigenvalue weighted by molar-refractivity contribution is 0.281. The number of hydrogen-bond acceptors (Lipinski definition) is 7. The number of anilines is 1. The Hall–Kier alpha value is -2.22. The first-order valence-electron chi connectivity index (χ1n) is 8.20. The fraction of sp³-hybridized carbons (Fsp3) is 0.333. The van der Waals surface area contributed by atoms with E-state index in [2.05, 4.69) is 15.3 Å². The lowest BCUT2D eigenvalue weighted by Crippen LogP contribution is -2.30. The highest BCUT2D eigenvalue weighted by Gasteiger charge is 2.17. The average molecular weight is 359 g/mol. The summed E-state index contributed by atoms with van der Waals surface area (Å²) in [6.45, 7) is 3.40. The molecule has 0 atom stereocenters. The monoisotopic (exact) mass is 359 g/mol. The first-order valence-corrected chi connectivity index (χ1v) is 9.08. The second-order valence-corrected chi connectivity index (χ2v) is 6.28. The fourth-order valence-corrected chi connectivity index (χ4v) is 3.68. The number of nitrogens with zero attached hydrogens (tertiary/aromatic N) is 3. The van der Waals surface area contributed by atoms with Crippen LogP contribution < -0.4 is 9.64 Å². The molecule has 0 amide bonds. The van der Waals surface area contributed by atoms with E-state index in [9.17, 15) is 10.2 Å². The summed E-state index contributed by atoms with van der Waals surface area (Å²) in [5.41, 5.74) is 2.10. The third-order valence-corrected chi connectivity index (χ3v) is 4.75. The summed E-state index contributed by atoms with van der Waals surface area (Å²) in [6.07, 6.45) is 1.53. The highest BCUT2D eigenvalue weighted by Crippen LogP contribution is 2.38. The van der Waals surface area contributed by atoms with Crippen molar-refractivity contribution in [2.24, 2.45) is 0 Å². The molecule has 0 bridgehead atoms. The van der Waals surface area contributed by atoms with Crippen LogP contribution in [-0.2, 0) is 0 Å². The molecule has 1 aromatic carbocycles. The maximum atomic E-state index is 9.34. The van der Waals surface area contributed by atoms with Gasteiger partial charge in [0.15, 0.2) is 0 Å². The number of ether oxygens (including phenoxy) is 1. The molecule has 132 valence electrons. The van der Waals surface area contributed by atoms with E-state index in [0.29, 0.717) is 19.7 Å². The number of thiophene rings is 1. The summed E-state index contributed by atoms with van der Waals surface area (Å²) in [5.74, 6) is 1.57. The molecule has 0 aliphatic carbocycles. The molecule has 2 N–H and O–H groups in total. The minimum Gasteiger partial charge on any atom is -0.494 e. The van der Waals surface area contributed by atoms with Gasteiger partial charge in [-0.05, 0) is 24.6 Å². The number of hydrogen-bond donors (Lipinski definition) is 2. The minimum absolute atomic E-state index is 0.00593. The van der Waals surface area contributed by atoms with Crippen LogP contribution in [0.1, 0.15) is 6.92 Å². The summed E-state index contributed by atoms with van der Waals surface area (Å²) >= 11 is 1.56. The van der Waals surface area contributed by atoms with Gasteiger partial charge in [0.2, 0.25) is 0 Å². The molecule has 6 nitrogen and oxygen atoms in total. The van der Waals surface area contributed by atoms with Crippen molar-refractivity contribution in [3.05, 3.63) is 36.0 Å². The highest BCUT2D eigenvalue weighted by molar-refractivity contribution is 7.17. The largest absolute Gasteiger partial charge is 0.494 e. The Bertz CT molecular complexity index is 814. The third-order valence-electron chi connectivity index (χ3n) is 3.87. The van der Waals surface area contributed by atoms with E-state index in [0.717, 1.165) is 32.9 Å². The standard InChI is InChI=1S/C18H21N3O3S/c1-2-24-14-5-3-13(4-6-14)15-11-25-18-16(15)17(19-12-20-18)21(7-9-22)8-10-23/h3-6,11-12,22-23H,2,7-10H2,1H3. The summed E-state index contributed by atoms with van der Waals surface area (Å²) in [5, 5.41) is 21.7. The summed E-state index contributed by atoms with van der Waals surface area (Å²) in [7, 11) is 0. The normalized spacial score (nSPS) is 11.0. The van der Waals surface area contributed by atoms with E-state index < -0.39 is 0 Å². The SMILES string of the molecule is CCOc1ccc(-c2csc3ncnc(N(CCO)CCO)c23)cc1. The quantitative estimate of drug-likeness (QED) is 0.643. The molecule has 0 aliphatic rings. The molecule has 3 aromatic rings. The van der Waals surface area contributed by atoms with Gasteiger partial charge in [-0.25, -0.2) is 9.97 Å². The van der Waals surface area contributed by atoms with Crippen molar-refractivity contribution in [3.8, 4) is 16.9 Å². The number of fused-ring (bicyclic) bond motifs is 1. The summed E-state index contributed by atoms with van der Waals surface area (Å²) in [4.78, 5) is 11.6. The highest BCUT2D eigenvalue weighted by atomic mass is 32.1. The van der Waals surface area contributed by atoms with E-state index >= 15 is 0 Å². The molecule has 0 fully saturated rings. The van der Waals surface area contributed by atoms with Crippen LogP contribution in [0.25, 0.3) is 21.3 Å². The van der Waals surface area contributed by atoms with Gasteiger partial charge in [-0.3, -0.25) is 0 Å². The molecule has 0 radical (unpaired) electrons. The van der Waals surface area contributed by atoms with E-state index in [1.807, 2.05) is 36.1 Å². The molecular weight excluding hydrogens is 338 g/mol. The minimum atomic E-state index is -0.00593. The number of aliphatic hydroxyl groups is 2. The van der Waals surface area contributed by atoms with E-state index in [1.54, 1.807) is 11.3 Å². The van der Waals surface area contributed by atoms with Crippen molar-refractivity contribution in [1.82, 2.24) is 9.97 Å². The Labute approximate surface area is 150 Å². The summed E-state index contributed by atoms with van der Waals surface area (Å²) < 4.78 is 5.51. The van der Waals surface area contributed by atoms with Crippen molar-refractivity contribution < 1.29 is 14.9 Å². The lowest BCUT2D eigenvalue weighted by Gasteiger charge is -2.22. The van der Waals surface area contributed by atoms with Crippen LogP contribution in [-0.4, -0.2) is 53.1 Å². The van der Waals surface area contributed by atoms with E-state index in [1.165, 1.54) is 6.33 Å². The maximum Gasteiger partial charge on any atom is 0.141 e. The Morgan fingerprint density at radius 2 is 1.80 bits per heavy atom. The molecule has 3 rings (SSSR count). The van der Waals surface area contributed by atoms with Crippen LogP contribution in [0.2, 0.25) is 0 Å². The predicted octanol–water partition coefficient (Wildman–Crippen LogP) is 2.55. The van der Waals surface area contributed by atoms with Crippen molar-refractivity contribution in [3.63, 3.8) is 0 Å². The van der Waals surface area contributed by atoms with Crippen LogP contribution in [0.3, 0.4) is 0 Å². The van der Waals surface area contributed by atoms with Crippen molar-refractivity contribution in [2.45, 2.75) is 6.92 Å². The molecule has 0 aliphatic heterocycles. The summed E-state index contributed by atoms with van der Waals surface area (Å²) in [6, 6.07) is 7.94. The molecule has 0 unspecified atom stereocenters. The smallest absolute Gasteiger partial charge is 0.141 e. The van der Waals surface area contributed by atoms with Gasteiger partial charge in [0.05, 0.1) is 25.2 Å².